The molecule has 4 heterocycles. The monoisotopic (exact) mass is 425 g/mol. The van der Waals surface area contributed by atoms with Crippen LogP contribution < -0.4 is 0 Å². The maximum absolute atomic E-state index is 12.5. The predicted octanol–water partition coefficient (Wildman–Crippen LogP) is 3.04. The highest BCUT2D eigenvalue weighted by atomic mass is 19.4. The first-order valence-electron chi connectivity index (χ1n) is 9.51. The second-order valence-corrected chi connectivity index (χ2v) is 7.29. The van der Waals surface area contributed by atoms with E-state index >= 15 is 0 Å². The number of hydrogen-bond donors (Lipinski definition) is 1. The number of rotatable bonds is 3. The SMILES string of the molecule is O=C(O)C(F)(F)F.O=C(c1ccco1)N1C[C@H]2CCCN(Cc3cccnc3)[C@H]2C1. The summed E-state index contributed by atoms with van der Waals surface area (Å²) in [7, 11) is 0. The van der Waals surface area contributed by atoms with Crippen LogP contribution >= 0.6 is 0 Å². The highest BCUT2D eigenvalue weighted by molar-refractivity contribution is 5.91. The van der Waals surface area contributed by atoms with Crippen molar-refractivity contribution in [1.29, 1.82) is 0 Å². The van der Waals surface area contributed by atoms with Crippen LogP contribution in [0.4, 0.5) is 13.2 Å². The smallest absolute Gasteiger partial charge is 0.475 e. The number of likely N-dealkylation sites (tertiary alicyclic amines) is 2. The number of fused-ring (bicyclic) bond motifs is 1. The summed E-state index contributed by atoms with van der Waals surface area (Å²) in [6, 6.07) is 8.07. The third-order valence-electron chi connectivity index (χ3n) is 5.27. The first-order valence-corrected chi connectivity index (χ1v) is 9.51. The van der Waals surface area contributed by atoms with E-state index in [1.54, 1.807) is 18.4 Å². The molecule has 2 fully saturated rings. The van der Waals surface area contributed by atoms with Gasteiger partial charge in [-0.2, -0.15) is 13.2 Å². The third-order valence-corrected chi connectivity index (χ3v) is 5.27. The van der Waals surface area contributed by atoms with Crippen molar-refractivity contribution in [3.8, 4) is 0 Å². The van der Waals surface area contributed by atoms with Crippen LogP contribution in [0.5, 0.6) is 0 Å². The minimum Gasteiger partial charge on any atom is -0.475 e. The van der Waals surface area contributed by atoms with Crippen molar-refractivity contribution in [2.45, 2.75) is 31.6 Å². The Morgan fingerprint density at radius 1 is 1.23 bits per heavy atom. The number of furan rings is 1. The molecule has 2 aromatic heterocycles. The first-order chi connectivity index (χ1) is 14.3. The predicted molar refractivity (Wildman–Crippen MR) is 99.5 cm³/mol. The van der Waals surface area contributed by atoms with Crippen molar-refractivity contribution in [2.75, 3.05) is 19.6 Å². The molecule has 0 saturated carbocycles. The number of pyridine rings is 1. The summed E-state index contributed by atoms with van der Waals surface area (Å²) in [5, 5.41) is 7.12. The van der Waals surface area contributed by atoms with Crippen molar-refractivity contribution in [3.05, 3.63) is 54.2 Å². The fourth-order valence-electron chi connectivity index (χ4n) is 3.92. The van der Waals surface area contributed by atoms with Gasteiger partial charge >= 0.3 is 12.1 Å². The summed E-state index contributed by atoms with van der Waals surface area (Å²) in [5.74, 6) is -1.72. The second kappa shape index (κ2) is 9.29. The summed E-state index contributed by atoms with van der Waals surface area (Å²) in [5.41, 5.74) is 1.24. The van der Waals surface area contributed by atoms with Gasteiger partial charge in [0.25, 0.3) is 5.91 Å². The van der Waals surface area contributed by atoms with E-state index in [0.717, 1.165) is 26.2 Å². The van der Waals surface area contributed by atoms with Crippen LogP contribution in [-0.4, -0.2) is 63.6 Å². The van der Waals surface area contributed by atoms with E-state index in [4.69, 9.17) is 14.3 Å². The highest BCUT2D eigenvalue weighted by Gasteiger charge is 2.41. The van der Waals surface area contributed by atoms with Crippen LogP contribution in [0.15, 0.2) is 47.3 Å². The second-order valence-electron chi connectivity index (χ2n) is 7.29. The van der Waals surface area contributed by atoms with E-state index < -0.39 is 12.1 Å². The molecule has 2 aromatic rings. The number of aromatic nitrogens is 1. The van der Waals surface area contributed by atoms with Crippen LogP contribution in [-0.2, 0) is 11.3 Å². The molecule has 1 amide bonds. The number of amides is 1. The lowest BCUT2D eigenvalue weighted by Gasteiger charge is -2.36. The average molecular weight is 425 g/mol. The standard InChI is InChI=1S/C18H21N3O2.C2HF3O2/c22-18(17-6-3-9-23-17)21-12-15-5-2-8-20(16(15)13-21)11-14-4-1-7-19-10-14;3-2(4,5)1(6)7/h1,3-4,6-7,9-10,15-16H,2,5,8,11-13H2;(H,6,7)/t15-,16+;/m1./s1. The van der Waals surface area contributed by atoms with Gasteiger partial charge < -0.3 is 14.4 Å². The molecule has 30 heavy (non-hydrogen) atoms. The molecule has 1 N–H and O–H groups in total. The Morgan fingerprint density at radius 3 is 2.60 bits per heavy atom. The van der Waals surface area contributed by atoms with Crippen molar-refractivity contribution in [2.24, 2.45) is 5.92 Å². The molecule has 162 valence electrons. The Labute approximate surface area is 171 Å². The fourth-order valence-corrected chi connectivity index (χ4v) is 3.92. The van der Waals surface area contributed by atoms with Crippen molar-refractivity contribution in [1.82, 2.24) is 14.8 Å². The van der Waals surface area contributed by atoms with E-state index in [0.29, 0.717) is 17.7 Å². The molecule has 2 aliphatic heterocycles. The number of aliphatic carboxylic acids is 1. The topological polar surface area (TPSA) is 86.9 Å². The highest BCUT2D eigenvalue weighted by Crippen LogP contribution is 2.32. The average Bonchev–Trinajstić information content (AvgIpc) is 3.38. The molecule has 2 saturated heterocycles. The van der Waals surface area contributed by atoms with Crippen molar-refractivity contribution >= 4 is 11.9 Å². The number of piperidine rings is 1. The van der Waals surface area contributed by atoms with Crippen molar-refractivity contribution < 1.29 is 32.3 Å². The number of carboxylic acid groups (broad SMARTS) is 1. The molecule has 2 atom stereocenters. The summed E-state index contributed by atoms with van der Waals surface area (Å²) in [4.78, 5) is 30.1. The van der Waals surface area contributed by atoms with Crippen LogP contribution in [0.3, 0.4) is 0 Å². The van der Waals surface area contributed by atoms with Gasteiger partial charge in [0.15, 0.2) is 5.76 Å². The number of nitrogens with zero attached hydrogens (tertiary/aromatic N) is 3. The van der Waals surface area contributed by atoms with E-state index in [-0.39, 0.29) is 5.91 Å². The third kappa shape index (κ3) is 5.38. The zero-order chi connectivity index (χ0) is 21.7. The quantitative estimate of drug-likeness (QED) is 0.814. The fraction of sp³-hybridized carbons (Fsp3) is 0.450. The van der Waals surface area contributed by atoms with Gasteiger partial charge in [-0.15, -0.1) is 0 Å². The Balaban J connectivity index is 0.000000318. The molecule has 2 aliphatic rings. The Morgan fingerprint density at radius 2 is 2.00 bits per heavy atom. The van der Waals surface area contributed by atoms with Gasteiger partial charge in [-0.05, 0) is 49.1 Å². The Bertz CT molecular complexity index is 843. The summed E-state index contributed by atoms with van der Waals surface area (Å²) in [6.07, 6.45) is 2.62. The van der Waals surface area contributed by atoms with Gasteiger partial charge in [0.1, 0.15) is 0 Å². The molecule has 0 bridgehead atoms. The number of carbonyl (C=O) groups is 2. The Hall–Kier alpha value is -2.88. The maximum atomic E-state index is 12.5. The summed E-state index contributed by atoms with van der Waals surface area (Å²) < 4.78 is 37.0. The van der Waals surface area contributed by atoms with Crippen molar-refractivity contribution in [3.63, 3.8) is 0 Å². The van der Waals surface area contributed by atoms with Gasteiger partial charge in [0.2, 0.25) is 0 Å². The molecule has 0 radical (unpaired) electrons. The van der Waals surface area contributed by atoms with E-state index in [2.05, 4.69) is 16.0 Å². The lowest BCUT2D eigenvalue weighted by molar-refractivity contribution is -0.192. The zero-order valence-electron chi connectivity index (χ0n) is 16.1. The van der Waals surface area contributed by atoms with E-state index in [9.17, 15) is 18.0 Å². The first kappa shape index (κ1) is 21.8. The molecular weight excluding hydrogens is 403 g/mol. The molecule has 4 rings (SSSR count). The van der Waals surface area contributed by atoms with Gasteiger partial charge in [0, 0.05) is 38.1 Å². The number of hydrogen-bond acceptors (Lipinski definition) is 5. The lowest BCUT2D eigenvalue weighted by atomic mass is 9.92. The molecule has 0 aromatic carbocycles. The van der Waals surface area contributed by atoms with E-state index in [1.165, 1.54) is 18.4 Å². The van der Waals surface area contributed by atoms with Gasteiger partial charge in [0.05, 0.1) is 6.26 Å². The number of halogens is 3. The van der Waals surface area contributed by atoms with Crippen LogP contribution in [0, 0.1) is 5.92 Å². The molecular formula is C20H22F3N3O4. The van der Waals surface area contributed by atoms with Crippen LogP contribution in [0.2, 0.25) is 0 Å². The van der Waals surface area contributed by atoms with Crippen LogP contribution in [0.1, 0.15) is 29.0 Å². The summed E-state index contributed by atoms with van der Waals surface area (Å²) in [6.45, 7) is 3.65. The number of carboxylic acids is 1. The van der Waals surface area contributed by atoms with Gasteiger partial charge in [-0.3, -0.25) is 14.7 Å². The normalized spacial score (nSPS) is 21.5. The lowest BCUT2D eigenvalue weighted by Crippen LogP contribution is -2.44. The maximum Gasteiger partial charge on any atom is 0.490 e. The minimum absolute atomic E-state index is 0.0192. The molecule has 0 spiro atoms. The minimum atomic E-state index is -5.08. The largest absolute Gasteiger partial charge is 0.490 e. The molecule has 7 nitrogen and oxygen atoms in total. The zero-order valence-corrected chi connectivity index (χ0v) is 16.1. The van der Waals surface area contributed by atoms with Gasteiger partial charge in [-0.25, -0.2) is 4.79 Å². The van der Waals surface area contributed by atoms with Gasteiger partial charge in [-0.1, -0.05) is 6.07 Å². The van der Waals surface area contributed by atoms with Crippen LogP contribution in [0.25, 0.3) is 0 Å². The number of carbonyl (C=O) groups excluding carboxylic acids is 1. The molecule has 10 heteroatoms. The number of alkyl halides is 3. The molecule has 0 unspecified atom stereocenters. The molecule has 0 aliphatic carbocycles. The Kier molecular flexibility index (Phi) is 6.76. The van der Waals surface area contributed by atoms with E-state index in [1.807, 2.05) is 23.4 Å². The summed E-state index contributed by atoms with van der Waals surface area (Å²) >= 11 is 0.